The summed E-state index contributed by atoms with van der Waals surface area (Å²) in [7, 11) is 0. The van der Waals surface area contributed by atoms with Crippen LogP contribution in [-0.2, 0) is 4.79 Å². The van der Waals surface area contributed by atoms with Gasteiger partial charge < -0.3 is 5.11 Å². The lowest BCUT2D eigenvalue weighted by Gasteiger charge is -1.99. The summed E-state index contributed by atoms with van der Waals surface area (Å²) in [4.78, 5) is 10.3. The number of aliphatic carboxylic acids is 1. The molecular weight excluding hydrogens is 236 g/mol. The van der Waals surface area contributed by atoms with Crippen molar-refractivity contribution in [3.63, 3.8) is 0 Å². The second-order valence-electron chi connectivity index (χ2n) is 5.37. The summed E-state index contributed by atoms with van der Waals surface area (Å²) in [6.07, 6.45) is 19.8. The van der Waals surface area contributed by atoms with Crippen molar-refractivity contribution in [2.75, 3.05) is 0 Å². The van der Waals surface area contributed by atoms with Gasteiger partial charge in [0.25, 0.3) is 0 Å². The highest BCUT2D eigenvalue weighted by Gasteiger charge is 1.96. The van der Waals surface area contributed by atoms with Gasteiger partial charge in [-0.25, -0.2) is 0 Å². The minimum Gasteiger partial charge on any atom is -0.481 e. The molecular formula is C17H32O2. The Hall–Kier alpha value is -0.790. The van der Waals surface area contributed by atoms with Gasteiger partial charge in [0, 0.05) is 6.42 Å². The number of hydrogen-bond donors (Lipinski definition) is 1. The standard InChI is InChI=1S/C17H32O2/c1-2-3-4-5-6-7-8-9-10-11-12-13-14-15-16-17(18)19/h7-8H,2-6,9-16H2,1H3,(H,18,19). The SMILES string of the molecule is CCCCCCC=CCCCCCCCCC(=O)O. The molecule has 0 aliphatic rings. The second-order valence-corrected chi connectivity index (χ2v) is 5.37. The van der Waals surface area contributed by atoms with Crippen molar-refractivity contribution in [3.05, 3.63) is 12.2 Å². The average Bonchev–Trinajstić information content (AvgIpc) is 2.39. The number of rotatable bonds is 14. The first-order valence-electron chi connectivity index (χ1n) is 8.14. The van der Waals surface area contributed by atoms with Gasteiger partial charge in [0.1, 0.15) is 0 Å². The van der Waals surface area contributed by atoms with Crippen molar-refractivity contribution in [2.45, 2.75) is 90.4 Å². The Morgan fingerprint density at radius 2 is 1.26 bits per heavy atom. The van der Waals surface area contributed by atoms with Crippen molar-refractivity contribution in [1.82, 2.24) is 0 Å². The lowest BCUT2D eigenvalue weighted by atomic mass is 10.1. The van der Waals surface area contributed by atoms with Crippen molar-refractivity contribution in [2.24, 2.45) is 0 Å². The Morgan fingerprint density at radius 1 is 0.789 bits per heavy atom. The van der Waals surface area contributed by atoms with Crippen LogP contribution >= 0.6 is 0 Å². The first-order valence-corrected chi connectivity index (χ1v) is 8.14. The van der Waals surface area contributed by atoms with Crippen LogP contribution in [0.2, 0.25) is 0 Å². The molecule has 0 aliphatic carbocycles. The molecule has 0 rings (SSSR count). The summed E-state index contributed by atoms with van der Waals surface area (Å²) in [5, 5.41) is 8.50. The lowest BCUT2D eigenvalue weighted by Crippen LogP contribution is -1.93. The van der Waals surface area contributed by atoms with Gasteiger partial charge in [-0.05, 0) is 32.1 Å². The summed E-state index contributed by atoms with van der Waals surface area (Å²) in [5.74, 6) is -0.663. The monoisotopic (exact) mass is 268 g/mol. The normalized spacial score (nSPS) is 11.2. The predicted molar refractivity (Wildman–Crippen MR) is 82.5 cm³/mol. The molecule has 0 bridgehead atoms. The first kappa shape index (κ1) is 18.2. The van der Waals surface area contributed by atoms with Crippen LogP contribution in [0.5, 0.6) is 0 Å². The van der Waals surface area contributed by atoms with E-state index in [1.165, 1.54) is 64.2 Å². The fourth-order valence-corrected chi connectivity index (χ4v) is 2.17. The zero-order valence-electron chi connectivity index (χ0n) is 12.7. The summed E-state index contributed by atoms with van der Waals surface area (Å²) in [5.41, 5.74) is 0. The van der Waals surface area contributed by atoms with Crippen LogP contribution in [0, 0.1) is 0 Å². The molecule has 0 radical (unpaired) electrons. The van der Waals surface area contributed by atoms with Crippen molar-refractivity contribution in [3.8, 4) is 0 Å². The van der Waals surface area contributed by atoms with Crippen LogP contribution in [0.15, 0.2) is 12.2 Å². The third-order valence-corrected chi connectivity index (χ3v) is 3.40. The summed E-state index contributed by atoms with van der Waals surface area (Å²) < 4.78 is 0. The number of unbranched alkanes of at least 4 members (excludes halogenated alkanes) is 10. The molecule has 2 heteroatoms. The van der Waals surface area contributed by atoms with E-state index < -0.39 is 5.97 Å². The van der Waals surface area contributed by atoms with Crippen LogP contribution in [0.1, 0.15) is 90.4 Å². The van der Waals surface area contributed by atoms with Gasteiger partial charge in [-0.3, -0.25) is 4.79 Å². The van der Waals surface area contributed by atoms with Crippen LogP contribution in [0.4, 0.5) is 0 Å². The van der Waals surface area contributed by atoms with E-state index >= 15 is 0 Å². The largest absolute Gasteiger partial charge is 0.481 e. The minimum absolute atomic E-state index is 0.334. The smallest absolute Gasteiger partial charge is 0.303 e. The number of hydrogen-bond acceptors (Lipinski definition) is 1. The fraction of sp³-hybridized carbons (Fsp3) is 0.824. The molecule has 0 atom stereocenters. The molecule has 0 heterocycles. The molecule has 2 nitrogen and oxygen atoms in total. The van der Waals surface area contributed by atoms with E-state index in [1.54, 1.807) is 0 Å². The maximum absolute atomic E-state index is 10.3. The van der Waals surface area contributed by atoms with Gasteiger partial charge in [0.2, 0.25) is 0 Å². The van der Waals surface area contributed by atoms with E-state index in [4.69, 9.17) is 5.11 Å². The molecule has 0 saturated carbocycles. The van der Waals surface area contributed by atoms with Gasteiger partial charge in [0.05, 0.1) is 0 Å². The van der Waals surface area contributed by atoms with Crippen molar-refractivity contribution in [1.29, 1.82) is 0 Å². The molecule has 0 aromatic rings. The van der Waals surface area contributed by atoms with E-state index in [-0.39, 0.29) is 0 Å². The number of carboxylic acid groups (broad SMARTS) is 1. The zero-order valence-corrected chi connectivity index (χ0v) is 12.7. The van der Waals surface area contributed by atoms with Gasteiger partial charge in [-0.2, -0.15) is 0 Å². The van der Waals surface area contributed by atoms with Crippen LogP contribution in [0.25, 0.3) is 0 Å². The molecule has 19 heavy (non-hydrogen) atoms. The Bertz CT molecular complexity index is 221. The van der Waals surface area contributed by atoms with Gasteiger partial charge in [-0.15, -0.1) is 0 Å². The molecule has 112 valence electrons. The summed E-state index contributed by atoms with van der Waals surface area (Å²) >= 11 is 0. The molecule has 0 fully saturated rings. The molecule has 0 unspecified atom stereocenters. The minimum atomic E-state index is -0.663. The molecule has 0 aromatic heterocycles. The Kier molecular flexibility index (Phi) is 14.6. The van der Waals surface area contributed by atoms with Crippen LogP contribution < -0.4 is 0 Å². The highest BCUT2D eigenvalue weighted by atomic mass is 16.4. The Labute approximate surface area is 119 Å². The average molecular weight is 268 g/mol. The van der Waals surface area contributed by atoms with E-state index in [0.717, 1.165) is 12.8 Å². The zero-order chi connectivity index (χ0) is 14.2. The fourth-order valence-electron chi connectivity index (χ4n) is 2.17. The maximum Gasteiger partial charge on any atom is 0.303 e. The Balaban J connectivity index is 3.05. The third-order valence-electron chi connectivity index (χ3n) is 3.40. The molecule has 0 aliphatic heterocycles. The summed E-state index contributed by atoms with van der Waals surface area (Å²) in [6.45, 7) is 2.25. The first-order chi connectivity index (χ1) is 9.27. The van der Waals surface area contributed by atoms with Crippen molar-refractivity contribution >= 4 is 5.97 Å². The highest BCUT2D eigenvalue weighted by molar-refractivity contribution is 5.66. The number of carboxylic acids is 1. The van der Waals surface area contributed by atoms with E-state index in [0.29, 0.717) is 6.42 Å². The summed E-state index contributed by atoms with van der Waals surface area (Å²) in [6, 6.07) is 0. The third kappa shape index (κ3) is 17.2. The van der Waals surface area contributed by atoms with Crippen LogP contribution in [-0.4, -0.2) is 11.1 Å². The number of allylic oxidation sites excluding steroid dienone is 2. The van der Waals surface area contributed by atoms with E-state index in [9.17, 15) is 4.79 Å². The topological polar surface area (TPSA) is 37.3 Å². The molecule has 1 N–H and O–H groups in total. The van der Waals surface area contributed by atoms with Gasteiger partial charge >= 0.3 is 5.97 Å². The van der Waals surface area contributed by atoms with Gasteiger partial charge in [0.15, 0.2) is 0 Å². The second kappa shape index (κ2) is 15.3. The molecule has 0 aromatic carbocycles. The highest BCUT2D eigenvalue weighted by Crippen LogP contribution is 2.09. The van der Waals surface area contributed by atoms with Crippen LogP contribution in [0.3, 0.4) is 0 Å². The number of carbonyl (C=O) groups is 1. The van der Waals surface area contributed by atoms with Gasteiger partial charge in [-0.1, -0.05) is 64.0 Å². The lowest BCUT2D eigenvalue weighted by molar-refractivity contribution is -0.137. The molecule has 0 spiro atoms. The quantitative estimate of drug-likeness (QED) is 0.323. The maximum atomic E-state index is 10.3. The molecule has 0 saturated heterocycles. The van der Waals surface area contributed by atoms with Crippen molar-refractivity contribution < 1.29 is 9.90 Å². The van der Waals surface area contributed by atoms with E-state index in [2.05, 4.69) is 19.1 Å². The van der Waals surface area contributed by atoms with E-state index in [1.807, 2.05) is 0 Å². The predicted octanol–water partition coefficient (Wildman–Crippen LogP) is 5.72. The Morgan fingerprint density at radius 3 is 1.79 bits per heavy atom. The molecule has 0 amide bonds.